The van der Waals surface area contributed by atoms with Crippen molar-refractivity contribution in [1.82, 2.24) is 10.2 Å². The molecule has 0 aromatic heterocycles. The number of carbonyl (C=O) groups excluding carboxylic acids is 1. The lowest BCUT2D eigenvalue weighted by Gasteiger charge is -2.27. The van der Waals surface area contributed by atoms with Crippen molar-refractivity contribution in [3.05, 3.63) is 0 Å². The molecule has 116 valence electrons. The van der Waals surface area contributed by atoms with E-state index in [0.717, 1.165) is 0 Å². The molecule has 2 atom stereocenters. The van der Waals surface area contributed by atoms with Crippen LogP contribution in [0.25, 0.3) is 0 Å². The van der Waals surface area contributed by atoms with Crippen LogP contribution in [0.1, 0.15) is 53.4 Å². The third-order valence-corrected chi connectivity index (χ3v) is 4.52. The average molecular weight is 282 g/mol. The molecule has 1 heterocycles. The van der Waals surface area contributed by atoms with E-state index in [1.54, 1.807) is 0 Å². The Balaban J connectivity index is 1.87. The molecule has 0 aromatic rings. The normalized spacial score (nSPS) is 28.3. The molecule has 1 aliphatic heterocycles. The summed E-state index contributed by atoms with van der Waals surface area (Å²) >= 11 is 0. The van der Waals surface area contributed by atoms with Crippen LogP contribution in [0.4, 0.5) is 0 Å². The molecular weight excluding hydrogens is 252 g/mol. The molecule has 2 rings (SSSR count). The smallest absolute Gasteiger partial charge is 0.241 e. The second kappa shape index (κ2) is 6.90. The number of hydrogen-bond donors (Lipinski definition) is 1. The van der Waals surface area contributed by atoms with Gasteiger partial charge in [-0.2, -0.15) is 0 Å². The minimum atomic E-state index is -0.0334. The maximum Gasteiger partial charge on any atom is 0.241 e. The fraction of sp³-hybridized carbons (Fsp3) is 0.938. The Morgan fingerprint density at radius 2 is 1.85 bits per heavy atom. The van der Waals surface area contributed by atoms with Gasteiger partial charge in [-0.3, -0.25) is 10.1 Å². The van der Waals surface area contributed by atoms with E-state index >= 15 is 0 Å². The Morgan fingerprint density at radius 3 is 2.40 bits per heavy atom. The first kappa shape index (κ1) is 15.8. The Bertz CT molecular complexity index is 324. The summed E-state index contributed by atoms with van der Waals surface area (Å²) in [5.74, 6) is 1.01. The number of amides is 1. The van der Waals surface area contributed by atoms with E-state index in [2.05, 4.69) is 33.0 Å². The van der Waals surface area contributed by atoms with Gasteiger partial charge in [0.05, 0.1) is 24.9 Å². The largest absolute Gasteiger partial charge is 0.376 e. The predicted molar refractivity (Wildman–Crippen MR) is 80.3 cm³/mol. The predicted octanol–water partition coefficient (Wildman–Crippen LogP) is 2.38. The molecule has 0 spiro atoms. The van der Waals surface area contributed by atoms with Gasteiger partial charge >= 0.3 is 0 Å². The highest BCUT2D eigenvalue weighted by molar-refractivity contribution is 5.84. The monoisotopic (exact) mass is 282 g/mol. The zero-order valence-electron chi connectivity index (χ0n) is 13.4. The minimum absolute atomic E-state index is 0.0334. The summed E-state index contributed by atoms with van der Waals surface area (Å²) in [6, 6.07) is -0.0334. The lowest BCUT2D eigenvalue weighted by Crippen LogP contribution is -2.43. The van der Waals surface area contributed by atoms with E-state index in [1.165, 1.54) is 25.7 Å². The number of carbonyl (C=O) groups is 1. The second-order valence-corrected chi connectivity index (χ2v) is 6.89. The van der Waals surface area contributed by atoms with Gasteiger partial charge < -0.3 is 9.64 Å². The standard InChI is InChI=1S/C16H30N2O2/c1-11(2)14-16(19)18(15(17-14)12(3)4)9-10-20-13-7-5-6-8-13/h11-15,17H,5-10H2,1-4H3. The molecule has 20 heavy (non-hydrogen) atoms. The van der Waals surface area contributed by atoms with Crippen LogP contribution in [0.15, 0.2) is 0 Å². The summed E-state index contributed by atoms with van der Waals surface area (Å²) in [4.78, 5) is 14.5. The van der Waals surface area contributed by atoms with Crippen molar-refractivity contribution >= 4 is 5.91 Å². The van der Waals surface area contributed by atoms with Crippen LogP contribution < -0.4 is 5.32 Å². The zero-order chi connectivity index (χ0) is 14.7. The quantitative estimate of drug-likeness (QED) is 0.813. The number of hydrogen-bond acceptors (Lipinski definition) is 3. The maximum absolute atomic E-state index is 12.5. The van der Waals surface area contributed by atoms with Crippen molar-refractivity contribution in [3.63, 3.8) is 0 Å². The van der Waals surface area contributed by atoms with Crippen molar-refractivity contribution in [3.8, 4) is 0 Å². The summed E-state index contributed by atoms with van der Waals surface area (Å²) in [6.45, 7) is 9.93. The first-order valence-corrected chi connectivity index (χ1v) is 8.19. The fourth-order valence-electron chi connectivity index (χ4n) is 3.31. The van der Waals surface area contributed by atoms with Crippen LogP contribution in [0, 0.1) is 11.8 Å². The van der Waals surface area contributed by atoms with Crippen LogP contribution in [-0.4, -0.2) is 42.3 Å². The van der Waals surface area contributed by atoms with E-state index in [9.17, 15) is 4.79 Å². The highest BCUT2D eigenvalue weighted by Gasteiger charge is 2.41. The van der Waals surface area contributed by atoms with Gasteiger partial charge in [-0.15, -0.1) is 0 Å². The summed E-state index contributed by atoms with van der Waals surface area (Å²) in [7, 11) is 0. The number of ether oxygens (including phenoxy) is 1. The van der Waals surface area contributed by atoms with Gasteiger partial charge in [0, 0.05) is 6.54 Å². The number of nitrogens with zero attached hydrogens (tertiary/aromatic N) is 1. The molecule has 1 saturated carbocycles. The third kappa shape index (κ3) is 3.53. The SMILES string of the molecule is CC(C)C1NC(C(C)C)N(CCOC2CCCC2)C1=O. The summed E-state index contributed by atoms with van der Waals surface area (Å²) < 4.78 is 5.92. The van der Waals surface area contributed by atoms with E-state index in [0.29, 0.717) is 31.1 Å². The molecule has 0 aromatic carbocycles. The molecule has 2 unspecified atom stereocenters. The second-order valence-electron chi connectivity index (χ2n) is 6.89. The fourth-order valence-corrected chi connectivity index (χ4v) is 3.31. The molecule has 2 aliphatic rings. The molecule has 4 nitrogen and oxygen atoms in total. The zero-order valence-corrected chi connectivity index (χ0v) is 13.4. The van der Waals surface area contributed by atoms with Crippen molar-refractivity contribution < 1.29 is 9.53 Å². The van der Waals surface area contributed by atoms with Crippen molar-refractivity contribution in [2.75, 3.05) is 13.2 Å². The Kier molecular flexibility index (Phi) is 5.44. The van der Waals surface area contributed by atoms with Gasteiger partial charge in [-0.1, -0.05) is 40.5 Å². The molecular formula is C16H30N2O2. The first-order valence-electron chi connectivity index (χ1n) is 8.19. The molecule has 1 amide bonds. The first-order chi connectivity index (χ1) is 9.50. The molecule has 1 saturated heterocycles. The van der Waals surface area contributed by atoms with Crippen LogP contribution in [0.3, 0.4) is 0 Å². The van der Waals surface area contributed by atoms with E-state index in [4.69, 9.17) is 4.74 Å². The lowest BCUT2D eigenvalue weighted by atomic mass is 10.1. The summed E-state index contributed by atoms with van der Waals surface area (Å²) in [5.41, 5.74) is 0. The lowest BCUT2D eigenvalue weighted by molar-refractivity contribution is -0.132. The average Bonchev–Trinajstić information content (AvgIpc) is 2.98. The van der Waals surface area contributed by atoms with Gasteiger partial charge in [0.2, 0.25) is 5.91 Å². The Hall–Kier alpha value is -0.610. The molecule has 1 aliphatic carbocycles. The van der Waals surface area contributed by atoms with E-state index in [1.807, 2.05) is 4.90 Å². The Labute approximate surface area is 123 Å². The van der Waals surface area contributed by atoms with Gasteiger partial charge in [0.15, 0.2) is 0 Å². The highest BCUT2D eigenvalue weighted by atomic mass is 16.5. The maximum atomic E-state index is 12.5. The highest BCUT2D eigenvalue weighted by Crippen LogP contribution is 2.23. The minimum Gasteiger partial charge on any atom is -0.376 e. The molecule has 2 fully saturated rings. The van der Waals surface area contributed by atoms with Crippen LogP contribution in [0.5, 0.6) is 0 Å². The Morgan fingerprint density at radius 1 is 1.20 bits per heavy atom. The van der Waals surface area contributed by atoms with Crippen molar-refractivity contribution in [1.29, 1.82) is 0 Å². The summed E-state index contributed by atoms with van der Waals surface area (Å²) in [5, 5.41) is 3.49. The van der Waals surface area contributed by atoms with Gasteiger partial charge in [0.25, 0.3) is 0 Å². The molecule has 4 heteroatoms. The molecule has 1 N–H and O–H groups in total. The third-order valence-electron chi connectivity index (χ3n) is 4.52. The number of nitrogens with one attached hydrogen (secondary N) is 1. The number of rotatable bonds is 6. The van der Waals surface area contributed by atoms with E-state index < -0.39 is 0 Å². The van der Waals surface area contributed by atoms with Crippen molar-refractivity contribution in [2.24, 2.45) is 11.8 Å². The van der Waals surface area contributed by atoms with Crippen LogP contribution in [-0.2, 0) is 9.53 Å². The summed E-state index contributed by atoms with van der Waals surface area (Å²) in [6.07, 6.45) is 5.54. The van der Waals surface area contributed by atoms with Crippen LogP contribution >= 0.6 is 0 Å². The van der Waals surface area contributed by atoms with Crippen molar-refractivity contribution in [2.45, 2.75) is 71.7 Å². The topological polar surface area (TPSA) is 41.6 Å². The molecule has 0 bridgehead atoms. The van der Waals surface area contributed by atoms with Gasteiger partial charge in [-0.05, 0) is 24.7 Å². The molecule has 0 radical (unpaired) electrons. The van der Waals surface area contributed by atoms with Gasteiger partial charge in [0.1, 0.15) is 0 Å². The van der Waals surface area contributed by atoms with E-state index in [-0.39, 0.29) is 18.1 Å². The van der Waals surface area contributed by atoms with Gasteiger partial charge in [-0.25, -0.2) is 0 Å². The van der Waals surface area contributed by atoms with Crippen LogP contribution in [0.2, 0.25) is 0 Å².